The molecular formula is C17H25BrN2O4S. The molecule has 1 aromatic rings. The molecule has 0 unspecified atom stereocenters. The van der Waals surface area contributed by atoms with E-state index in [1.165, 1.54) is 4.31 Å². The summed E-state index contributed by atoms with van der Waals surface area (Å²) < 4.78 is 32.3. The number of amides is 1. The van der Waals surface area contributed by atoms with Crippen LogP contribution in [-0.4, -0.2) is 43.5 Å². The Morgan fingerprint density at radius 2 is 1.96 bits per heavy atom. The van der Waals surface area contributed by atoms with Crippen molar-refractivity contribution in [2.24, 2.45) is 0 Å². The number of carbonyl (C=O) groups is 1. The fourth-order valence-electron chi connectivity index (χ4n) is 2.65. The average molecular weight is 433 g/mol. The average Bonchev–Trinajstić information content (AvgIpc) is 2.53. The van der Waals surface area contributed by atoms with Crippen LogP contribution in [-0.2, 0) is 20.1 Å². The quantitative estimate of drug-likeness (QED) is 0.740. The lowest BCUT2D eigenvalue weighted by molar-refractivity contribution is 0.0489. The summed E-state index contributed by atoms with van der Waals surface area (Å²) in [5.74, 6) is 0. The summed E-state index contributed by atoms with van der Waals surface area (Å²) in [6, 6.07) is 6.86. The number of hydrogen-bond acceptors (Lipinski definition) is 4. The molecule has 1 aliphatic rings. The van der Waals surface area contributed by atoms with Gasteiger partial charge < -0.3 is 10.1 Å². The van der Waals surface area contributed by atoms with Crippen LogP contribution in [0.25, 0.3) is 0 Å². The number of benzene rings is 1. The number of hydrogen-bond donors (Lipinski definition) is 1. The molecule has 1 aliphatic heterocycles. The Bertz CT molecular complexity index is 708. The molecular weight excluding hydrogens is 408 g/mol. The van der Waals surface area contributed by atoms with Crippen molar-refractivity contribution >= 4 is 32.0 Å². The normalized spacial score (nSPS) is 17.3. The summed E-state index contributed by atoms with van der Waals surface area (Å²) in [6.45, 7) is 6.18. The number of piperidine rings is 1. The third-order valence-corrected chi connectivity index (χ3v) is 6.41. The van der Waals surface area contributed by atoms with Crippen molar-refractivity contribution in [3.8, 4) is 0 Å². The van der Waals surface area contributed by atoms with E-state index in [1.807, 2.05) is 26.8 Å². The van der Waals surface area contributed by atoms with Crippen molar-refractivity contribution < 1.29 is 17.9 Å². The largest absolute Gasteiger partial charge is 0.444 e. The minimum atomic E-state index is -3.51. The lowest BCUT2D eigenvalue weighted by atomic mass is 10.1. The number of alkyl halides is 1. The minimum Gasteiger partial charge on any atom is -0.444 e. The molecule has 8 heteroatoms. The van der Waals surface area contributed by atoms with Crippen molar-refractivity contribution in [2.45, 2.75) is 55.5 Å². The molecule has 1 saturated heterocycles. The number of ether oxygens (including phenoxy) is 1. The molecule has 0 radical (unpaired) electrons. The predicted octanol–water partition coefficient (Wildman–Crippen LogP) is 3.26. The molecule has 6 nitrogen and oxygen atoms in total. The fourth-order valence-corrected chi connectivity index (χ4v) is 4.54. The molecule has 2 rings (SSSR count). The van der Waals surface area contributed by atoms with Crippen LogP contribution >= 0.6 is 15.9 Å². The summed E-state index contributed by atoms with van der Waals surface area (Å²) in [5.41, 5.74) is 0.372. The smallest absolute Gasteiger partial charge is 0.407 e. The van der Waals surface area contributed by atoms with Crippen LogP contribution in [0.3, 0.4) is 0 Å². The highest BCUT2D eigenvalue weighted by Gasteiger charge is 2.30. The summed E-state index contributed by atoms with van der Waals surface area (Å²) in [4.78, 5) is 12.1. The van der Waals surface area contributed by atoms with Crippen LogP contribution in [0.1, 0.15) is 39.2 Å². The Kier molecular flexibility index (Phi) is 6.51. The van der Waals surface area contributed by atoms with Crippen molar-refractivity contribution in [3.05, 3.63) is 29.8 Å². The monoisotopic (exact) mass is 432 g/mol. The maximum Gasteiger partial charge on any atom is 0.407 e. The second kappa shape index (κ2) is 8.05. The summed E-state index contributed by atoms with van der Waals surface area (Å²) in [5, 5.41) is 3.43. The molecule has 0 bridgehead atoms. The van der Waals surface area contributed by atoms with Gasteiger partial charge in [-0.25, -0.2) is 13.2 Å². The first-order valence-corrected chi connectivity index (χ1v) is 10.8. The maximum atomic E-state index is 12.8. The van der Waals surface area contributed by atoms with Crippen molar-refractivity contribution in [3.63, 3.8) is 0 Å². The van der Waals surface area contributed by atoms with Gasteiger partial charge in [0.05, 0.1) is 4.90 Å². The first kappa shape index (κ1) is 20.2. The van der Waals surface area contributed by atoms with Crippen LogP contribution in [0.2, 0.25) is 0 Å². The molecule has 0 saturated carbocycles. The van der Waals surface area contributed by atoms with Crippen LogP contribution in [0.4, 0.5) is 4.79 Å². The summed E-state index contributed by atoms with van der Waals surface area (Å²) in [7, 11) is -3.51. The van der Waals surface area contributed by atoms with E-state index >= 15 is 0 Å². The summed E-state index contributed by atoms with van der Waals surface area (Å²) in [6.07, 6.45) is 0.673. The van der Waals surface area contributed by atoms with Gasteiger partial charge in [-0.15, -0.1) is 0 Å². The van der Waals surface area contributed by atoms with Crippen molar-refractivity contribution in [2.75, 3.05) is 13.1 Å². The Balaban J connectivity index is 1.96. The third-order valence-electron chi connectivity index (χ3n) is 3.87. The Hall–Kier alpha value is -1.12. The SMILES string of the molecule is CC(C)(C)OC(=O)NC1CCN(S(=O)(=O)c2cccc(CBr)c2)CC1. The number of sulfonamides is 1. The lowest BCUT2D eigenvalue weighted by Gasteiger charge is -2.32. The van der Waals surface area contributed by atoms with Gasteiger partial charge in [0.2, 0.25) is 10.0 Å². The van der Waals surface area contributed by atoms with E-state index in [9.17, 15) is 13.2 Å². The second-order valence-electron chi connectivity index (χ2n) is 7.11. The van der Waals surface area contributed by atoms with Gasteiger partial charge in [0, 0.05) is 24.5 Å². The number of nitrogens with one attached hydrogen (secondary N) is 1. The van der Waals surface area contributed by atoms with Crippen molar-refractivity contribution in [1.82, 2.24) is 9.62 Å². The number of rotatable bonds is 4. The van der Waals surface area contributed by atoms with Gasteiger partial charge in [0.15, 0.2) is 0 Å². The molecule has 1 heterocycles. The summed E-state index contributed by atoms with van der Waals surface area (Å²) >= 11 is 3.35. The number of carbonyl (C=O) groups excluding carboxylic acids is 1. The highest BCUT2D eigenvalue weighted by Crippen LogP contribution is 2.22. The zero-order valence-corrected chi connectivity index (χ0v) is 17.2. The number of alkyl carbamates (subject to hydrolysis) is 1. The zero-order valence-electron chi connectivity index (χ0n) is 14.8. The first-order valence-electron chi connectivity index (χ1n) is 8.26. The Morgan fingerprint density at radius 3 is 2.52 bits per heavy atom. The molecule has 0 aromatic heterocycles. The molecule has 1 amide bonds. The standard InChI is InChI=1S/C17H25BrN2O4S/c1-17(2,3)24-16(21)19-14-7-9-20(10-8-14)25(22,23)15-6-4-5-13(11-15)12-18/h4-6,11,14H,7-10,12H2,1-3H3,(H,19,21). The van der Waals surface area contributed by atoms with Crippen LogP contribution in [0.5, 0.6) is 0 Å². The second-order valence-corrected chi connectivity index (χ2v) is 9.60. The molecule has 25 heavy (non-hydrogen) atoms. The van der Waals surface area contributed by atoms with Gasteiger partial charge in [-0.1, -0.05) is 28.1 Å². The van der Waals surface area contributed by atoms with E-state index in [0.717, 1.165) is 5.56 Å². The van der Waals surface area contributed by atoms with Gasteiger partial charge in [0.1, 0.15) is 5.60 Å². The maximum absolute atomic E-state index is 12.8. The van der Waals surface area contributed by atoms with E-state index in [-0.39, 0.29) is 6.04 Å². The minimum absolute atomic E-state index is 0.0739. The molecule has 1 aromatic carbocycles. The number of nitrogens with zero attached hydrogens (tertiary/aromatic N) is 1. The highest BCUT2D eigenvalue weighted by molar-refractivity contribution is 9.08. The van der Waals surface area contributed by atoms with Gasteiger partial charge in [0.25, 0.3) is 0 Å². The topological polar surface area (TPSA) is 75.7 Å². The van der Waals surface area contributed by atoms with E-state index in [4.69, 9.17) is 4.74 Å². The van der Waals surface area contributed by atoms with Crippen molar-refractivity contribution in [1.29, 1.82) is 0 Å². The highest BCUT2D eigenvalue weighted by atomic mass is 79.9. The lowest BCUT2D eigenvalue weighted by Crippen LogP contribution is -2.47. The number of halogens is 1. The molecule has 0 atom stereocenters. The molecule has 0 spiro atoms. The Morgan fingerprint density at radius 1 is 1.32 bits per heavy atom. The van der Waals surface area contributed by atoms with E-state index in [0.29, 0.717) is 36.2 Å². The third kappa shape index (κ3) is 5.69. The van der Waals surface area contributed by atoms with E-state index < -0.39 is 21.7 Å². The van der Waals surface area contributed by atoms with Crippen LogP contribution in [0, 0.1) is 0 Å². The van der Waals surface area contributed by atoms with Gasteiger partial charge in [-0.05, 0) is 51.3 Å². The van der Waals surface area contributed by atoms with Gasteiger partial charge in [-0.3, -0.25) is 0 Å². The van der Waals surface area contributed by atoms with Crippen LogP contribution in [0.15, 0.2) is 29.2 Å². The predicted molar refractivity (Wildman–Crippen MR) is 100 cm³/mol. The molecule has 1 fully saturated rings. The van der Waals surface area contributed by atoms with E-state index in [2.05, 4.69) is 21.2 Å². The Labute approximate surface area is 158 Å². The molecule has 140 valence electrons. The first-order chi connectivity index (χ1) is 11.6. The molecule has 1 N–H and O–H groups in total. The van der Waals surface area contributed by atoms with Gasteiger partial charge >= 0.3 is 6.09 Å². The zero-order chi connectivity index (χ0) is 18.7. The molecule has 0 aliphatic carbocycles. The van der Waals surface area contributed by atoms with Gasteiger partial charge in [-0.2, -0.15) is 4.31 Å². The van der Waals surface area contributed by atoms with E-state index in [1.54, 1.807) is 18.2 Å². The van der Waals surface area contributed by atoms with Crippen LogP contribution < -0.4 is 5.32 Å². The fraction of sp³-hybridized carbons (Fsp3) is 0.588.